The summed E-state index contributed by atoms with van der Waals surface area (Å²) in [6.07, 6.45) is 7.34. The van der Waals surface area contributed by atoms with Crippen molar-refractivity contribution < 1.29 is 22.6 Å². The van der Waals surface area contributed by atoms with Crippen molar-refractivity contribution in [3.63, 3.8) is 0 Å². The summed E-state index contributed by atoms with van der Waals surface area (Å²) in [5.74, 6) is 0.525. The number of benzene rings is 1. The van der Waals surface area contributed by atoms with E-state index in [1.807, 2.05) is 19.1 Å². The fraction of sp³-hybridized carbons (Fsp3) is 0.586. The SMILES string of the molecule is Cc1cc(C=C2C(=O)C3(C)CCC2C3(C)C)c(C=C2C(=O)C3(C)CCC2C3(C)C)cc1S(=O)(=O)O. The number of hydrogen-bond acceptors (Lipinski definition) is 4. The average Bonchev–Trinajstić information content (AvgIpc) is 3.22. The van der Waals surface area contributed by atoms with Gasteiger partial charge < -0.3 is 0 Å². The van der Waals surface area contributed by atoms with E-state index < -0.39 is 20.9 Å². The number of carbonyl (C=O) groups excluding carboxylic acids is 2. The van der Waals surface area contributed by atoms with Crippen molar-refractivity contribution in [1.82, 2.24) is 0 Å². The minimum atomic E-state index is -4.44. The summed E-state index contributed by atoms with van der Waals surface area (Å²) in [6, 6.07) is 3.19. The van der Waals surface area contributed by atoms with E-state index in [9.17, 15) is 22.6 Å². The molecule has 4 atom stereocenters. The molecule has 0 aromatic heterocycles. The molecule has 0 spiro atoms. The van der Waals surface area contributed by atoms with Gasteiger partial charge in [0.15, 0.2) is 11.6 Å². The molecule has 4 saturated carbocycles. The van der Waals surface area contributed by atoms with Gasteiger partial charge in [0.25, 0.3) is 10.1 Å². The van der Waals surface area contributed by atoms with Crippen molar-refractivity contribution in [2.75, 3.05) is 0 Å². The van der Waals surface area contributed by atoms with Gasteiger partial charge in [-0.05, 0) is 101 Å². The van der Waals surface area contributed by atoms with E-state index >= 15 is 0 Å². The van der Waals surface area contributed by atoms with Crippen LogP contribution in [0, 0.1) is 40.4 Å². The molecule has 188 valence electrons. The maximum absolute atomic E-state index is 13.5. The second-order valence-corrected chi connectivity index (χ2v) is 14.3. The Balaban J connectivity index is 1.71. The zero-order valence-corrected chi connectivity index (χ0v) is 22.6. The van der Waals surface area contributed by atoms with Gasteiger partial charge >= 0.3 is 0 Å². The molecule has 1 aromatic carbocycles. The van der Waals surface area contributed by atoms with E-state index in [2.05, 4.69) is 34.6 Å². The van der Waals surface area contributed by atoms with E-state index in [0.717, 1.165) is 42.4 Å². The summed E-state index contributed by atoms with van der Waals surface area (Å²) < 4.78 is 34.1. The normalized spacial score (nSPS) is 37.3. The Kier molecular flexibility index (Phi) is 4.95. The highest BCUT2D eigenvalue weighted by Gasteiger charge is 2.65. The lowest BCUT2D eigenvalue weighted by atomic mass is 9.70. The van der Waals surface area contributed by atoms with Crippen molar-refractivity contribution in [3.8, 4) is 0 Å². The Morgan fingerprint density at radius 1 is 0.800 bits per heavy atom. The van der Waals surface area contributed by atoms with Gasteiger partial charge in [-0.2, -0.15) is 8.42 Å². The second kappa shape index (κ2) is 7.04. The average molecular weight is 497 g/mol. The number of hydrogen-bond donors (Lipinski definition) is 1. The van der Waals surface area contributed by atoms with Crippen LogP contribution in [0.2, 0.25) is 0 Å². The molecule has 4 aliphatic rings. The molecule has 5 nitrogen and oxygen atoms in total. The summed E-state index contributed by atoms with van der Waals surface area (Å²) in [6.45, 7) is 14.3. The number of fused-ring (bicyclic) bond motifs is 4. The van der Waals surface area contributed by atoms with E-state index in [-0.39, 0.29) is 39.1 Å². The maximum Gasteiger partial charge on any atom is 0.294 e. The van der Waals surface area contributed by atoms with Crippen LogP contribution in [-0.4, -0.2) is 24.5 Å². The number of ketones is 2. The zero-order chi connectivity index (χ0) is 25.9. The van der Waals surface area contributed by atoms with Crippen LogP contribution in [0.3, 0.4) is 0 Å². The summed E-state index contributed by atoms with van der Waals surface area (Å²) in [7, 11) is -4.44. The Labute approximate surface area is 208 Å². The fourth-order valence-corrected chi connectivity index (χ4v) is 8.52. The third-order valence-corrected chi connectivity index (χ3v) is 12.0. The van der Waals surface area contributed by atoms with Crippen LogP contribution in [0.5, 0.6) is 0 Å². The van der Waals surface area contributed by atoms with Gasteiger partial charge in [0.2, 0.25) is 0 Å². The van der Waals surface area contributed by atoms with Gasteiger partial charge in [0, 0.05) is 10.8 Å². The molecule has 6 heteroatoms. The Morgan fingerprint density at radius 2 is 1.20 bits per heavy atom. The molecule has 4 unspecified atom stereocenters. The first kappa shape index (κ1) is 24.6. The van der Waals surface area contributed by atoms with Crippen LogP contribution in [0.4, 0.5) is 0 Å². The molecular weight excluding hydrogens is 460 g/mol. The van der Waals surface area contributed by atoms with E-state index in [0.29, 0.717) is 11.1 Å². The van der Waals surface area contributed by atoms with E-state index in [1.165, 1.54) is 6.07 Å². The molecule has 1 aromatic rings. The molecule has 35 heavy (non-hydrogen) atoms. The van der Waals surface area contributed by atoms with Crippen LogP contribution in [-0.2, 0) is 19.7 Å². The predicted octanol–water partition coefficient (Wildman–Crippen LogP) is 6.06. The highest BCUT2D eigenvalue weighted by molar-refractivity contribution is 7.85. The minimum Gasteiger partial charge on any atom is -0.294 e. The minimum absolute atomic E-state index is 0.0953. The molecule has 4 fully saturated rings. The quantitative estimate of drug-likeness (QED) is 0.406. The number of aryl methyl sites for hydroxylation is 1. The largest absolute Gasteiger partial charge is 0.294 e. The topological polar surface area (TPSA) is 88.5 Å². The molecule has 4 bridgehead atoms. The van der Waals surface area contributed by atoms with Crippen LogP contribution in [0.1, 0.15) is 83.9 Å². The third-order valence-electron chi connectivity index (χ3n) is 11.0. The molecule has 0 saturated heterocycles. The van der Waals surface area contributed by atoms with Gasteiger partial charge in [0.1, 0.15) is 0 Å². The van der Waals surface area contributed by atoms with Gasteiger partial charge in [-0.1, -0.05) is 47.6 Å². The second-order valence-electron chi connectivity index (χ2n) is 12.9. The molecule has 0 aliphatic heterocycles. The van der Waals surface area contributed by atoms with Crippen LogP contribution >= 0.6 is 0 Å². The molecule has 0 amide bonds. The zero-order valence-electron chi connectivity index (χ0n) is 21.8. The molecule has 5 rings (SSSR count). The number of Topliss-reactive ketones (excluding diaryl/α,β-unsaturated/α-hetero) is 2. The number of allylic oxidation sites excluding steroid dienone is 2. The van der Waals surface area contributed by atoms with Crippen molar-refractivity contribution >= 4 is 33.8 Å². The number of rotatable bonds is 3. The smallest absolute Gasteiger partial charge is 0.294 e. The predicted molar refractivity (Wildman–Crippen MR) is 136 cm³/mol. The molecule has 0 heterocycles. The lowest BCUT2D eigenvalue weighted by Gasteiger charge is -2.31. The summed E-state index contributed by atoms with van der Waals surface area (Å²) >= 11 is 0. The first-order chi connectivity index (χ1) is 16.0. The highest BCUT2D eigenvalue weighted by atomic mass is 32.2. The molecule has 4 aliphatic carbocycles. The first-order valence-electron chi connectivity index (χ1n) is 12.6. The molecule has 0 radical (unpaired) electrons. The Hall–Kier alpha value is -2.05. The van der Waals surface area contributed by atoms with Crippen LogP contribution < -0.4 is 0 Å². The lowest BCUT2D eigenvalue weighted by Crippen LogP contribution is -2.32. The lowest BCUT2D eigenvalue weighted by molar-refractivity contribution is -0.126. The fourth-order valence-electron chi connectivity index (χ4n) is 7.78. The molecular formula is C29H36O5S. The van der Waals surface area contributed by atoms with Crippen molar-refractivity contribution in [3.05, 3.63) is 40.0 Å². The maximum atomic E-state index is 13.5. The monoisotopic (exact) mass is 496 g/mol. The van der Waals surface area contributed by atoms with Gasteiger partial charge in [0.05, 0.1) is 4.90 Å². The number of carbonyl (C=O) groups is 2. The van der Waals surface area contributed by atoms with E-state index in [1.54, 1.807) is 13.0 Å². The summed E-state index contributed by atoms with van der Waals surface area (Å²) in [5, 5.41) is 0. The Morgan fingerprint density at radius 3 is 1.54 bits per heavy atom. The standard InChI is InChI=1S/C29H36O5S/c1-16-12-17(13-19-21-8-10-28(6,24(19)30)26(21,2)3)18(15-23(16)35(32,33)34)14-20-22-9-11-29(7,25(20)31)27(22,4)5/h12-15,21-22H,8-11H2,1-7H3,(H,32,33,34). The van der Waals surface area contributed by atoms with Crippen molar-refractivity contribution in [1.29, 1.82) is 0 Å². The van der Waals surface area contributed by atoms with Gasteiger partial charge in [-0.15, -0.1) is 0 Å². The summed E-state index contributed by atoms with van der Waals surface area (Å²) in [4.78, 5) is 26.8. The van der Waals surface area contributed by atoms with Crippen LogP contribution in [0.15, 0.2) is 28.2 Å². The van der Waals surface area contributed by atoms with Crippen molar-refractivity contribution in [2.45, 2.75) is 79.0 Å². The first-order valence-corrected chi connectivity index (χ1v) is 14.1. The van der Waals surface area contributed by atoms with Crippen molar-refractivity contribution in [2.24, 2.45) is 33.5 Å². The van der Waals surface area contributed by atoms with Gasteiger partial charge in [-0.25, -0.2) is 0 Å². The van der Waals surface area contributed by atoms with Gasteiger partial charge in [-0.3, -0.25) is 14.1 Å². The summed E-state index contributed by atoms with van der Waals surface area (Å²) in [5.41, 5.74) is 2.05. The van der Waals surface area contributed by atoms with E-state index in [4.69, 9.17) is 0 Å². The van der Waals surface area contributed by atoms with Crippen LogP contribution in [0.25, 0.3) is 12.2 Å². The third kappa shape index (κ3) is 2.99. The molecule has 1 N–H and O–H groups in total. The Bertz CT molecular complexity index is 1360. The highest BCUT2D eigenvalue weighted by Crippen LogP contribution is 2.67.